The molecule has 0 aliphatic heterocycles. The molecule has 0 aromatic carbocycles. The van der Waals surface area contributed by atoms with Crippen LogP contribution in [0.2, 0.25) is 0 Å². The van der Waals surface area contributed by atoms with E-state index >= 15 is 0 Å². The van der Waals surface area contributed by atoms with Gasteiger partial charge in [0, 0.05) is 28.8 Å². The van der Waals surface area contributed by atoms with E-state index in [1.807, 2.05) is 6.20 Å². The maximum Gasteiger partial charge on any atom is 0.0420 e. The smallest absolute Gasteiger partial charge is 0.0420 e. The minimum Gasteiger partial charge on any atom is -0.316 e. The molecule has 0 saturated heterocycles. The first-order chi connectivity index (χ1) is 8.20. The van der Waals surface area contributed by atoms with E-state index < -0.39 is 0 Å². The van der Waals surface area contributed by atoms with E-state index in [1.54, 1.807) is 0 Å². The van der Waals surface area contributed by atoms with Crippen molar-refractivity contribution in [1.82, 2.24) is 10.3 Å². The molecule has 0 amide bonds. The number of likely N-dealkylation sites (N-methyl/N-ethyl adjacent to an activating group) is 1. The van der Waals surface area contributed by atoms with Crippen LogP contribution in [0.25, 0.3) is 0 Å². The second kappa shape index (κ2) is 5.96. The molecule has 3 heteroatoms. The Labute approximate surface area is 112 Å². The van der Waals surface area contributed by atoms with Crippen molar-refractivity contribution in [3.63, 3.8) is 0 Å². The largest absolute Gasteiger partial charge is 0.316 e. The molecular weight excluding hydrogens is 276 g/mol. The first-order valence-electron chi connectivity index (χ1n) is 6.48. The first-order valence-corrected chi connectivity index (χ1v) is 7.27. The molecular formula is C14H21BrN2. The molecule has 0 bridgehead atoms. The van der Waals surface area contributed by atoms with Crippen LogP contribution in [0, 0.1) is 11.8 Å². The summed E-state index contributed by atoms with van der Waals surface area (Å²) in [4.78, 5) is 4.48. The van der Waals surface area contributed by atoms with E-state index in [-0.39, 0.29) is 0 Å². The lowest BCUT2D eigenvalue weighted by Gasteiger charge is -2.26. The second-order valence-corrected chi connectivity index (χ2v) is 6.05. The highest BCUT2D eigenvalue weighted by Crippen LogP contribution is 2.34. The van der Waals surface area contributed by atoms with Gasteiger partial charge in [-0.25, -0.2) is 0 Å². The van der Waals surface area contributed by atoms with Gasteiger partial charge in [-0.05, 0) is 53.4 Å². The highest BCUT2D eigenvalue weighted by atomic mass is 79.9. The molecule has 1 saturated carbocycles. The van der Waals surface area contributed by atoms with Crippen LogP contribution >= 0.6 is 15.9 Å². The minimum atomic E-state index is 0.571. The zero-order valence-electron chi connectivity index (χ0n) is 10.6. The van der Waals surface area contributed by atoms with E-state index in [0.29, 0.717) is 6.04 Å². The molecule has 0 spiro atoms. The van der Waals surface area contributed by atoms with E-state index in [1.165, 1.54) is 25.0 Å². The van der Waals surface area contributed by atoms with Crippen molar-refractivity contribution in [2.75, 3.05) is 7.05 Å². The predicted octanol–water partition coefficient (Wildman–Crippen LogP) is 3.41. The molecule has 3 unspecified atom stereocenters. The highest BCUT2D eigenvalue weighted by molar-refractivity contribution is 9.10. The Balaban J connectivity index is 2.01. The molecule has 1 aliphatic rings. The Hall–Kier alpha value is -0.410. The van der Waals surface area contributed by atoms with Crippen LogP contribution in [0.3, 0.4) is 0 Å². The van der Waals surface area contributed by atoms with Crippen molar-refractivity contribution in [1.29, 1.82) is 0 Å². The summed E-state index contributed by atoms with van der Waals surface area (Å²) in [5, 5.41) is 3.49. The van der Waals surface area contributed by atoms with Crippen molar-refractivity contribution in [3.05, 3.63) is 28.5 Å². The van der Waals surface area contributed by atoms with Crippen LogP contribution in [0.5, 0.6) is 0 Å². The molecule has 3 atom stereocenters. The number of aromatic nitrogens is 1. The molecule has 94 valence electrons. The number of nitrogens with one attached hydrogen (secondary N) is 1. The number of rotatable bonds is 4. The van der Waals surface area contributed by atoms with Crippen molar-refractivity contribution in [3.8, 4) is 0 Å². The van der Waals surface area contributed by atoms with E-state index in [0.717, 1.165) is 22.7 Å². The molecule has 1 aliphatic carbocycles. The van der Waals surface area contributed by atoms with Gasteiger partial charge in [0.1, 0.15) is 0 Å². The Morgan fingerprint density at radius 1 is 1.47 bits per heavy atom. The summed E-state index contributed by atoms with van der Waals surface area (Å²) in [6, 6.07) is 4.77. The summed E-state index contributed by atoms with van der Waals surface area (Å²) in [7, 11) is 2.08. The van der Waals surface area contributed by atoms with Crippen molar-refractivity contribution in [2.24, 2.45) is 11.8 Å². The van der Waals surface area contributed by atoms with Gasteiger partial charge in [0.15, 0.2) is 0 Å². The van der Waals surface area contributed by atoms with Crippen LogP contribution in [0.4, 0.5) is 0 Å². The molecule has 1 aromatic heterocycles. The Kier molecular flexibility index (Phi) is 4.57. The average molecular weight is 297 g/mol. The third-order valence-corrected chi connectivity index (χ3v) is 4.50. The molecule has 1 aromatic rings. The van der Waals surface area contributed by atoms with Crippen LogP contribution in [-0.4, -0.2) is 18.1 Å². The number of nitrogens with zero attached hydrogens (tertiary/aromatic N) is 1. The monoisotopic (exact) mass is 296 g/mol. The van der Waals surface area contributed by atoms with E-state index in [2.05, 4.69) is 52.3 Å². The molecule has 1 fully saturated rings. The summed E-state index contributed by atoms with van der Waals surface area (Å²) in [5.74, 6) is 1.66. The Morgan fingerprint density at radius 3 is 2.82 bits per heavy atom. The van der Waals surface area contributed by atoms with Crippen molar-refractivity contribution < 1.29 is 0 Å². The third kappa shape index (κ3) is 3.29. The molecule has 17 heavy (non-hydrogen) atoms. The van der Waals surface area contributed by atoms with Crippen LogP contribution in [-0.2, 0) is 6.42 Å². The van der Waals surface area contributed by atoms with Gasteiger partial charge in [0.25, 0.3) is 0 Å². The summed E-state index contributed by atoms with van der Waals surface area (Å²) in [6.07, 6.45) is 7.07. The maximum atomic E-state index is 4.48. The maximum absolute atomic E-state index is 4.48. The van der Waals surface area contributed by atoms with Crippen molar-refractivity contribution >= 4 is 15.9 Å². The number of hydrogen-bond donors (Lipinski definition) is 1. The fourth-order valence-corrected chi connectivity index (χ4v) is 3.23. The van der Waals surface area contributed by atoms with Gasteiger partial charge in [-0.2, -0.15) is 0 Å². The van der Waals surface area contributed by atoms with Crippen molar-refractivity contribution in [2.45, 2.75) is 38.6 Å². The summed E-state index contributed by atoms with van der Waals surface area (Å²) >= 11 is 3.43. The van der Waals surface area contributed by atoms with Gasteiger partial charge in [-0.15, -0.1) is 0 Å². The first kappa shape index (κ1) is 13.0. The quantitative estimate of drug-likeness (QED) is 0.921. The van der Waals surface area contributed by atoms with Gasteiger partial charge in [0.2, 0.25) is 0 Å². The SMILES string of the molecule is CNC(Cc1ccc(Br)cn1)C1CCCC1C. The third-order valence-electron chi connectivity index (χ3n) is 4.03. The minimum absolute atomic E-state index is 0.571. The molecule has 2 nitrogen and oxygen atoms in total. The van der Waals surface area contributed by atoms with Gasteiger partial charge in [0.05, 0.1) is 0 Å². The number of halogens is 1. The van der Waals surface area contributed by atoms with Gasteiger partial charge < -0.3 is 5.32 Å². The predicted molar refractivity (Wildman–Crippen MR) is 75.0 cm³/mol. The number of hydrogen-bond acceptors (Lipinski definition) is 2. The van der Waals surface area contributed by atoms with E-state index in [4.69, 9.17) is 0 Å². The summed E-state index contributed by atoms with van der Waals surface area (Å²) < 4.78 is 1.05. The normalized spacial score (nSPS) is 26.1. The Bertz CT molecular complexity index is 350. The van der Waals surface area contributed by atoms with Crippen LogP contribution < -0.4 is 5.32 Å². The zero-order valence-corrected chi connectivity index (χ0v) is 12.2. The second-order valence-electron chi connectivity index (χ2n) is 5.14. The van der Waals surface area contributed by atoms with Crippen LogP contribution in [0.1, 0.15) is 31.9 Å². The average Bonchev–Trinajstić information content (AvgIpc) is 2.75. The number of pyridine rings is 1. The van der Waals surface area contributed by atoms with Crippen LogP contribution in [0.15, 0.2) is 22.8 Å². The Morgan fingerprint density at radius 2 is 2.29 bits per heavy atom. The molecule has 1 N–H and O–H groups in total. The highest BCUT2D eigenvalue weighted by Gasteiger charge is 2.30. The fourth-order valence-electron chi connectivity index (χ4n) is 2.99. The zero-order chi connectivity index (χ0) is 12.3. The lowest BCUT2D eigenvalue weighted by Crippen LogP contribution is -2.37. The van der Waals surface area contributed by atoms with E-state index in [9.17, 15) is 0 Å². The van der Waals surface area contributed by atoms with Gasteiger partial charge in [-0.3, -0.25) is 4.98 Å². The fraction of sp³-hybridized carbons (Fsp3) is 0.643. The molecule has 1 heterocycles. The van der Waals surface area contributed by atoms with Gasteiger partial charge >= 0.3 is 0 Å². The molecule has 2 rings (SSSR count). The lowest BCUT2D eigenvalue weighted by atomic mass is 9.87. The topological polar surface area (TPSA) is 24.9 Å². The standard InChI is InChI=1S/C14H21BrN2/c1-10-4-3-5-13(10)14(16-2)8-12-7-6-11(15)9-17-12/h6-7,9-10,13-14,16H,3-5,8H2,1-2H3. The summed E-state index contributed by atoms with van der Waals surface area (Å²) in [6.45, 7) is 2.39. The lowest BCUT2D eigenvalue weighted by molar-refractivity contribution is 0.306. The summed E-state index contributed by atoms with van der Waals surface area (Å²) in [5.41, 5.74) is 1.19. The molecule has 0 radical (unpaired) electrons. The van der Waals surface area contributed by atoms with Gasteiger partial charge in [-0.1, -0.05) is 19.8 Å².